The van der Waals surface area contributed by atoms with E-state index >= 15 is 0 Å². The van der Waals surface area contributed by atoms with Crippen molar-refractivity contribution in [2.24, 2.45) is 0 Å². The third kappa shape index (κ3) is 1.23. The van der Waals surface area contributed by atoms with Crippen LogP contribution in [-0.4, -0.2) is 16.8 Å². The van der Waals surface area contributed by atoms with Gasteiger partial charge in [0.25, 0.3) is 0 Å². The van der Waals surface area contributed by atoms with Crippen molar-refractivity contribution in [3.05, 3.63) is 11.8 Å². The van der Waals surface area contributed by atoms with E-state index in [1.54, 1.807) is 18.0 Å². The van der Waals surface area contributed by atoms with Gasteiger partial charge in [-0.05, 0) is 0 Å². The number of carbonyl (C=O) groups excluding carboxylic acids is 1. The van der Waals surface area contributed by atoms with Crippen molar-refractivity contribution in [3.8, 4) is 0 Å². The monoisotopic (exact) mass is 170 g/mol. The van der Waals surface area contributed by atoms with Crippen LogP contribution in [-0.2, 0) is 10.5 Å². The molecule has 1 N–H and O–H groups in total. The van der Waals surface area contributed by atoms with Gasteiger partial charge < -0.3 is 4.52 Å². The van der Waals surface area contributed by atoms with Crippen LogP contribution in [0.5, 0.6) is 0 Å². The first kappa shape index (κ1) is 6.72. The lowest BCUT2D eigenvalue weighted by atomic mass is 10.4. The highest BCUT2D eigenvalue weighted by atomic mass is 32.2. The Bertz CT molecular complexity index is 284. The summed E-state index contributed by atoms with van der Waals surface area (Å²) in [5, 5.41) is 6.19. The number of fused-ring (bicyclic) bond motifs is 1. The number of thioether (sulfide) groups is 1. The molecule has 1 amide bonds. The smallest absolute Gasteiger partial charge is 0.236 e. The van der Waals surface area contributed by atoms with E-state index < -0.39 is 0 Å². The maximum Gasteiger partial charge on any atom is 0.236 e. The first-order valence-corrected chi connectivity index (χ1v) is 4.33. The maximum atomic E-state index is 10.9. The van der Waals surface area contributed by atoms with E-state index in [0.29, 0.717) is 11.6 Å². The number of rotatable bonds is 0. The summed E-state index contributed by atoms with van der Waals surface area (Å²) in [6, 6.07) is 0. The van der Waals surface area contributed by atoms with Gasteiger partial charge in [-0.2, -0.15) is 0 Å². The van der Waals surface area contributed by atoms with E-state index in [1.165, 1.54) is 0 Å². The highest BCUT2D eigenvalue weighted by Gasteiger charge is 2.15. The Morgan fingerprint density at radius 1 is 1.64 bits per heavy atom. The Balaban J connectivity index is 2.32. The predicted octanol–water partition coefficient (Wildman–Crippen LogP) is 0.860. The van der Waals surface area contributed by atoms with E-state index in [4.69, 9.17) is 4.52 Å². The molecule has 0 unspecified atom stereocenters. The quantitative estimate of drug-likeness (QED) is 0.627. The van der Waals surface area contributed by atoms with E-state index in [9.17, 15) is 4.79 Å². The minimum atomic E-state index is -0.0227. The van der Waals surface area contributed by atoms with Gasteiger partial charge in [0, 0.05) is 11.3 Å². The fourth-order valence-electron chi connectivity index (χ4n) is 0.882. The van der Waals surface area contributed by atoms with Crippen LogP contribution >= 0.6 is 11.8 Å². The van der Waals surface area contributed by atoms with Gasteiger partial charge in [0.2, 0.25) is 11.8 Å². The summed E-state index contributed by atoms with van der Waals surface area (Å²) in [5.74, 6) is 1.76. The summed E-state index contributed by atoms with van der Waals surface area (Å²) in [6.45, 7) is 0. The second-order valence-electron chi connectivity index (χ2n) is 2.22. The topological polar surface area (TPSA) is 55.1 Å². The van der Waals surface area contributed by atoms with Gasteiger partial charge in [-0.25, -0.2) is 0 Å². The highest BCUT2D eigenvalue weighted by molar-refractivity contribution is 7.99. The molecule has 1 aromatic rings. The Labute approximate surface area is 67.3 Å². The third-order valence-corrected chi connectivity index (χ3v) is 2.37. The minimum Gasteiger partial charge on any atom is -0.338 e. The minimum absolute atomic E-state index is 0.0227. The van der Waals surface area contributed by atoms with Gasteiger partial charge in [0.1, 0.15) is 0 Å². The van der Waals surface area contributed by atoms with Gasteiger partial charge in [0.05, 0.1) is 11.9 Å². The van der Waals surface area contributed by atoms with Crippen molar-refractivity contribution >= 4 is 23.6 Å². The van der Waals surface area contributed by atoms with Crippen LogP contribution in [0.4, 0.5) is 5.88 Å². The molecule has 11 heavy (non-hydrogen) atoms. The van der Waals surface area contributed by atoms with Crippen LogP contribution in [0.3, 0.4) is 0 Å². The third-order valence-electron chi connectivity index (χ3n) is 1.39. The SMILES string of the molecule is O=C1CSCc2cnoc2N1. The van der Waals surface area contributed by atoms with Gasteiger partial charge in [-0.3, -0.25) is 10.1 Å². The van der Waals surface area contributed by atoms with E-state index in [2.05, 4.69) is 10.5 Å². The Morgan fingerprint density at radius 2 is 2.55 bits per heavy atom. The molecule has 0 spiro atoms. The zero-order valence-electron chi connectivity index (χ0n) is 5.66. The average molecular weight is 170 g/mol. The number of nitrogens with zero attached hydrogens (tertiary/aromatic N) is 1. The molecule has 0 bridgehead atoms. The number of aromatic nitrogens is 1. The number of amides is 1. The molecular weight excluding hydrogens is 164 g/mol. The van der Waals surface area contributed by atoms with E-state index in [0.717, 1.165) is 11.3 Å². The van der Waals surface area contributed by atoms with Crippen molar-refractivity contribution in [2.75, 3.05) is 11.1 Å². The van der Waals surface area contributed by atoms with Crippen molar-refractivity contribution in [3.63, 3.8) is 0 Å². The number of anilines is 1. The van der Waals surface area contributed by atoms with Crippen molar-refractivity contribution < 1.29 is 9.32 Å². The van der Waals surface area contributed by atoms with Gasteiger partial charge in [-0.1, -0.05) is 5.16 Å². The van der Waals surface area contributed by atoms with Crippen molar-refractivity contribution in [2.45, 2.75) is 5.75 Å². The van der Waals surface area contributed by atoms with Gasteiger partial charge >= 0.3 is 0 Å². The predicted molar refractivity (Wildman–Crippen MR) is 41.3 cm³/mol. The molecule has 0 saturated carbocycles. The van der Waals surface area contributed by atoms with Crippen LogP contribution in [0, 0.1) is 0 Å². The first-order valence-electron chi connectivity index (χ1n) is 3.17. The molecule has 1 aliphatic heterocycles. The Morgan fingerprint density at radius 3 is 3.45 bits per heavy atom. The van der Waals surface area contributed by atoms with Crippen LogP contribution in [0.25, 0.3) is 0 Å². The maximum absolute atomic E-state index is 10.9. The molecule has 0 saturated heterocycles. The number of hydrogen-bond donors (Lipinski definition) is 1. The standard InChI is InChI=1S/C6H6N2O2S/c9-5-3-11-2-4-1-7-10-6(4)8-5/h1H,2-3H2,(H,8,9). The number of hydrogen-bond acceptors (Lipinski definition) is 4. The lowest BCUT2D eigenvalue weighted by Crippen LogP contribution is -2.11. The molecule has 1 aliphatic rings. The zero-order chi connectivity index (χ0) is 7.68. The van der Waals surface area contributed by atoms with Crippen LogP contribution in [0.2, 0.25) is 0 Å². The molecule has 5 heteroatoms. The lowest BCUT2D eigenvalue weighted by Gasteiger charge is -1.93. The summed E-state index contributed by atoms with van der Waals surface area (Å²) in [4.78, 5) is 10.9. The molecule has 0 atom stereocenters. The van der Waals surface area contributed by atoms with Gasteiger partial charge in [0.15, 0.2) is 0 Å². The molecule has 0 aromatic carbocycles. The largest absolute Gasteiger partial charge is 0.338 e. The molecule has 2 rings (SSSR count). The summed E-state index contributed by atoms with van der Waals surface area (Å²) in [5.41, 5.74) is 0.959. The summed E-state index contributed by atoms with van der Waals surface area (Å²) in [7, 11) is 0. The summed E-state index contributed by atoms with van der Waals surface area (Å²) >= 11 is 1.56. The molecular formula is C6H6N2O2S. The second-order valence-corrected chi connectivity index (χ2v) is 3.21. The molecule has 0 aliphatic carbocycles. The van der Waals surface area contributed by atoms with Crippen molar-refractivity contribution in [1.29, 1.82) is 0 Å². The normalized spacial score (nSPS) is 16.9. The van der Waals surface area contributed by atoms with E-state index in [-0.39, 0.29) is 5.91 Å². The average Bonchev–Trinajstić information content (AvgIpc) is 2.31. The molecule has 0 radical (unpaired) electrons. The molecule has 1 aromatic heterocycles. The summed E-state index contributed by atoms with van der Waals surface area (Å²) in [6.07, 6.45) is 1.63. The van der Waals surface area contributed by atoms with Gasteiger partial charge in [-0.15, -0.1) is 11.8 Å². The van der Waals surface area contributed by atoms with Crippen molar-refractivity contribution in [1.82, 2.24) is 5.16 Å². The summed E-state index contributed by atoms with van der Waals surface area (Å²) < 4.78 is 4.81. The first-order chi connectivity index (χ1) is 5.36. The fraction of sp³-hybridized carbons (Fsp3) is 0.333. The molecule has 58 valence electrons. The highest BCUT2D eigenvalue weighted by Crippen LogP contribution is 2.23. The second kappa shape index (κ2) is 2.58. The number of carbonyl (C=O) groups is 1. The Hall–Kier alpha value is -0.970. The lowest BCUT2D eigenvalue weighted by molar-refractivity contribution is -0.113. The van der Waals surface area contributed by atoms with Crippen LogP contribution in [0.1, 0.15) is 5.56 Å². The molecule has 2 heterocycles. The van der Waals surface area contributed by atoms with E-state index in [1.807, 2.05) is 0 Å². The fourth-order valence-corrected chi connectivity index (χ4v) is 1.67. The molecule has 4 nitrogen and oxygen atoms in total. The van der Waals surface area contributed by atoms with Crippen LogP contribution in [0.15, 0.2) is 10.7 Å². The van der Waals surface area contributed by atoms with Crippen LogP contribution < -0.4 is 5.32 Å². The Kier molecular flexibility index (Phi) is 1.58. The number of nitrogens with one attached hydrogen (secondary N) is 1. The molecule has 0 fully saturated rings. The zero-order valence-corrected chi connectivity index (χ0v) is 6.48.